The lowest BCUT2D eigenvalue weighted by atomic mass is 10.5. The van der Waals surface area contributed by atoms with Crippen molar-refractivity contribution in [2.75, 3.05) is 0 Å². The lowest BCUT2D eigenvalue weighted by Crippen LogP contribution is -1.86. The highest BCUT2D eigenvalue weighted by molar-refractivity contribution is 5.36. The van der Waals surface area contributed by atoms with Crippen molar-refractivity contribution in [2.45, 2.75) is 6.54 Å². The summed E-state index contributed by atoms with van der Waals surface area (Å²) in [6.07, 6.45) is 1.79. The molecular formula is C7H6N6. The number of azide groups is 1. The highest BCUT2D eigenvalue weighted by atomic mass is 15.3. The van der Waals surface area contributed by atoms with Gasteiger partial charge in [0.1, 0.15) is 0 Å². The van der Waals surface area contributed by atoms with Crippen molar-refractivity contribution in [2.24, 2.45) is 5.11 Å². The van der Waals surface area contributed by atoms with Crippen LogP contribution in [0.15, 0.2) is 29.5 Å². The van der Waals surface area contributed by atoms with E-state index in [9.17, 15) is 0 Å². The first kappa shape index (κ1) is 7.57. The Bertz CT molecular complexity index is 434. The van der Waals surface area contributed by atoms with Crippen LogP contribution < -0.4 is 0 Å². The fourth-order valence-electron chi connectivity index (χ4n) is 1.04. The normalized spacial score (nSPS) is 9.85. The van der Waals surface area contributed by atoms with Gasteiger partial charge in [-0.2, -0.15) is 5.10 Å². The number of aromatic nitrogens is 3. The smallest absolute Gasteiger partial charge is 0.157 e. The first-order valence-electron chi connectivity index (χ1n) is 3.71. The zero-order chi connectivity index (χ0) is 9.10. The molecule has 0 fully saturated rings. The molecule has 0 atom stereocenters. The molecule has 2 heterocycles. The average Bonchev–Trinajstić information content (AvgIpc) is 2.57. The summed E-state index contributed by atoms with van der Waals surface area (Å²) in [5, 5.41) is 7.47. The van der Waals surface area contributed by atoms with Crippen LogP contribution in [0.3, 0.4) is 0 Å². The topological polar surface area (TPSA) is 79.0 Å². The lowest BCUT2D eigenvalue weighted by molar-refractivity contribution is 0.864. The molecule has 0 saturated heterocycles. The Kier molecular flexibility index (Phi) is 1.82. The van der Waals surface area contributed by atoms with Crippen molar-refractivity contribution in [3.05, 3.63) is 40.7 Å². The monoisotopic (exact) mass is 174 g/mol. The Hall–Kier alpha value is -2.07. The number of hydrogen-bond acceptors (Lipinski definition) is 3. The third-order valence-corrected chi connectivity index (χ3v) is 1.56. The molecule has 0 spiro atoms. The summed E-state index contributed by atoms with van der Waals surface area (Å²) in [5.74, 6) is 0.531. The van der Waals surface area contributed by atoms with Crippen LogP contribution in [0.5, 0.6) is 0 Å². The fraction of sp³-hybridized carbons (Fsp3) is 0.143. The zero-order valence-electron chi connectivity index (χ0n) is 6.70. The van der Waals surface area contributed by atoms with Crippen molar-refractivity contribution < 1.29 is 0 Å². The summed E-state index contributed by atoms with van der Waals surface area (Å²) in [4.78, 5) is 6.77. The first-order chi connectivity index (χ1) is 6.40. The van der Waals surface area contributed by atoms with Crippen molar-refractivity contribution in [3.63, 3.8) is 0 Å². The van der Waals surface area contributed by atoms with Gasteiger partial charge in [-0.15, -0.1) is 0 Å². The van der Waals surface area contributed by atoms with Gasteiger partial charge in [-0.3, -0.25) is 0 Å². The molecule has 0 radical (unpaired) electrons. The maximum atomic E-state index is 8.10. The van der Waals surface area contributed by atoms with Crippen LogP contribution in [0, 0.1) is 0 Å². The van der Waals surface area contributed by atoms with Gasteiger partial charge in [-0.1, -0.05) is 11.2 Å². The molecule has 0 bridgehead atoms. The first-order valence-corrected chi connectivity index (χ1v) is 3.71. The molecule has 13 heavy (non-hydrogen) atoms. The minimum Gasteiger partial charge on any atom is -0.221 e. The molecule has 6 nitrogen and oxygen atoms in total. The van der Waals surface area contributed by atoms with Gasteiger partial charge in [0.05, 0.1) is 6.54 Å². The summed E-state index contributed by atoms with van der Waals surface area (Å²) >= 11 is 0. The van der Waals surface area contributed by atoms with E-state index < -0.39 is 0 Å². The van der Waals surface area contributed by atoms with E-state index in [1.54, 1.807) is 10.7 Å². The van der Waals surface area contributed by atoms with Crippen LogP contribution in [-0.2, 0) is 6.54 Å². The number of nitrogens with zero attached hydrogens (tertiary/aromatic N) is 6. The Morgan fingerprint density at radius 3 is 3.23 bits per heavy atom. The fourth-order valence-corrected chi connectivity index (χ4v) is 1.04. The molecule has 0 N–H and O–H groups in total. The van der Waals surface area contributed by atoms with Gasteiger partial charge >= 0.3 is 0 Å². The van der Waals surface area contributed by atoms with E-state index in [4.69, 9.17) is 5.53 Å². The largest absolute Gasteiger partial charge is 0.221 e. The number of pyridine rings is 1. The second-order valence-electron chi connectivity index (χ2n) is 2.42. The average molecular weight is 174 g/mol. The van der Waals surface area contributed by atoms with Crippen LogP contribution in [0.1, 0.15) is 5.82 Å². The molecule has 0 aliphatic carbocycles. The summed E-state index contributed by atoms with van der Waals surface area (Å²) in [6, 6.07) is 5.58. The predicted octanol–water partition coefficient (Wildman–Crippen LogP) is 1.54. The van der Waals surface area contributed by atoms with E-state index in [1.807, 2.05) is 18.2 Å². The molecular weight excluding hydrogens is 168 g/mol. The minimum absolute atomic E-state index is 0.193. The van der Waals surface area contributed by atoms with Gasteiger partial charge in [0.15, 0.2) is 11.5 Å². The number of hydrogen-bond donors (Lipinski definition) is 0. The second-order valence-corrected chi connectivity index (χ2v) is 2.42. The van der Waals surface area contributed by atoms with Gasteiger partial charge < -0.3 is 0 Å². The van der Waals surface area contributed by atoms with Crippen molar-refractivity contribution >= 4 is 5.65 Å². The van der Waals surface area contributed by atoms with Crippen LogP contribution in [0.2, 0.25) is 0 Å². The summed E-state index contributed by atoms with van der Waals surface area (Å²) in [6.45, 7) is 0.193. The summed E-state index contributed by atoms with van der Waals surface area (Å²) in [7, 11) is 0. The zero-order valence-corrected chi connectivity index (χ0v) is 6.70. The van der Waals surface area contributed by atoms with Crippen LogP contribution >= 0.6 is 0 Å². The van der Waals surface area contributed by atoms with E-state index >= 15 is 0 Å². The van der Waals surface area contributed by atoms with Crippen LogP contribution in [0.25, 0.3) is 16.1 Å². The Morgan fingerprint density at radius 2 is 2.46 bits per heavy atom. The second kappa shape index (κ2) is 3.12. The third kappa shape index (κ3) is 1.43. The van der Waals surface area contributed by atoms with Gasteiger partial charge in [0.2, 0.25) is 0 Å². The van der Waals surface area contributed by atoms with Gasteiger partial charge in [0, 0.05) is 11.1 Å². The minimum atomic E-state index is 0.193. The van der Waals surface area contributed by atoms with Crippen molar-refractivity contribution in [3.8, 4) is 0 Å². The van der Waals surface area contributed by atoms with Crippen molar-refractivity contribution in [1.82, 2.24) is 14.6 Å². The van der Waals surface area contributed by atoms with Crippen molar-refractivity contribution in [1.29, 1.82) is 0 Å². The predicted molar refractivity (Wildman–Crippen MR) is 45.8 cm³/mol. The maximum Gasteiger partial charge on any atom is 0.157 e. The Labute approximate surface area is 73.5 Å². The summed E-state index contributed by atoms with van der Waals surface area (Å²) in [5.41, 5.74) is 8.85. The highest BCUT2D eigenvalue weighted by Gasteiger charge is 1.99. The van der Waals surface area contributed by atoms with E-state index in [-0.39, 0.29) is 6.54 Å². The number of fused-ring (bicyclic) bond motifs is 1. The quantitative estimate of drug-likeness (QED) is 0.393. The molecule has 0 amide bonds. The lowest BCUT2D eigenvalue weighted by Gasteiger charge is -1.84. The molecule has 2 aromatic rings. The van der Waals surface area contributed by atoms with E-state index in [2.05, 4.69) is 20.1 Å². The van der Waals surface area contributed by atoms with E-state index in [0.717, 1.165) is 5.65 Å². The molecule has 6 heteroatoms. The van der Waals surface area contributed by atoms with Gasteiger partial charge in [-0.05, 0) is 17.7 Å². The Morgan fingerprint density at radius 1 is 1.54 bits per heavy atom. The molecule has 0 aromatic carbocycles. The molecule has 64 valence electrons. The molecule has 2 aromatic heterocycles. The number of rotatable bonds is 2. The van der Waals surface area contributed by atoms with Crippen LogP contribution in [-0.4, -0.2) is 14.6 Å². The van der Waals surface area contributed by atoms with Crippen LogP contribution in [0.4, 0.5) is 0 Å². The molecule has 2 rings (SSSR count). The Balaban J connectivity index is 2.43. The van der Waals surface area contributed by atoms with Gasteiger partial charge in [0.25, 0.3) is 0 Å². The molecule has 0 aliphatic heterocycles. The summed E-state index contributed by atoms with van der Waals surface area (Å²) < 4.78 is 1.64. The highest BCUT2D eigenvalue weighted by Crippen LogP contribution is 2.00. The standard InChI is InChI=1S/C7H6N6/c8-12-9-5-6-10-7-3-1-2-4-13(7)11-6/h1-4H,5H2. The maximum absolute atomic E-state index is 8.10. The molecule has 0 unspecified atom stereocenters. The van der Waals surface area contributed by atoms with E-state index in [0.29, 0.717) is 5.82 Å². The molecule has 0 saturated carbocycles. The SMILES string of the molecule is [N-]=[N+]=NCc1nc2ccccn2n1. The molecule has 0 aliphatic rings. The van der Waals surface area contributed by atoms with E-state index in [1.165, 1.54) is 0 Å². The third-order valence-electron chi connectivity index (χ3n) is 1.56. The van der Waals surface area contributed by atoms with Gasteiger partial charge in [-0.25, -0.2) is 9.50 Å².